The first-order valence-electron chi connectivity index (χ1n) is 5.91. The van der Waals surface area contributed by atoms with Crippen molar-refractivity contribution in [2.75, 3.05) is 0 Å². The van der Waals surface area contributed by atoms with Crippen molar-refractivity contribution >= 4 is 15.9 Å². The molecule has 0 spiro atoms. The van der Waals surface area contributed by atoms with Crippen LogP contribution in [0.25, 0.3) is 0 Å². The van der Waals surface area contributed by atoms with E-state index in [1.165, 1.54) is 5.69 Å². The van der Waals surface area contributed by atoms with Crippen molar-refractivity contribution in [2.24, 2.45) is 0 Å². The smallest absolute Gasteiger partial charge is 0.0769 e. The van der Waals surface area contributed by atoms with Crippen molar-refractivity contribution in [3.05, 3.63) is 39.9 Å². The van der Waals surface area contributed by atoms with Crippen LogP contribution in [0.2, 0.25) is 0 Å². The number of halogens is 1. The Hall–Kier alpha value is -1.27. The Balaban J connectivity index is 1.98. The molecule has 0 saturated carbocycles. The molecule has 0 atom stereocenters. The molecule has 2 aromatic rings. The van der Waals surface area contributed by atoms with Gasteiger partial charge in [-0.1, -0.05) is 0 Å². The minimum atomic E-state index is 0.703. The van der Waals surface area contributed by atoms with Gasteiger partial charge in [0.25, 0.3) is 0 Å². The summed E-state index contributed by atoms with van der Waals surface area (Å²) < 4.78 is 3.08. The van der Waals surface area contributed by atoms with Crippen LogP contribution in [0, 0.1) is 6.92 Å². The van der Waals surface area contributed by atoms with Crippen LogP contribution < -0.4 is 5.32 Å². The van der Waals surface area contributed by atoms with Crippen LogP contribution >= 0.6 is 15.9 Å². The van der Waals surface area contributed by atoms with E-state index in [-0.39, 0.29) is 0 Å². The largest absolute Gasteiger partial charge is 0.305 e. The molecule has 0 fully saturated rings. The molecule has 1 N–H and O–H groups in total. The molecule has 96 valence electrons. The zero-order valence-corrected chi connectivity index (χ0v) is 12.1. The first kappa shape index (κ1) is 13.2. The van der Waals surface area contributed by atoms with E-state index in [4.69, 9.17) is 0 Å². The molecule has 0 saturated heterocycles. The second-order valence-electron chi connectivity index (χ2n) is 3.98. The summed E-state index contributed by atoms with van der Waals surface area (Å²) in [6.45, 7) is 6.42. The van der Waals surface area contributed by atoms with E-state index in [2.05, 4.69) is 43.5 Å². The molecule has 0 aliphatic rings. The third-order valence-electron chi connectivity index (χ3n) is 2.68. The van der Waals surface area contributed by atoms with Gasteiger partial charge in [-0.05, 0) is 41.9 Å². The second kappa shape index (κ2) is 6.06. The second-order valence-corrected chi connectivity index (χ2v) is 4.77. The van der Waals surface area contributed by atoms with Crippen molar-refractivity contribution < 1.29 is 0 Å². The molecule has 6 heteroatoms. The Kier molecular flexibility index (Phi) is 4.43. The van der Waals surface area contributed by atoms with Crippen LogP contribution in [0.3, 0.4) is 0 Å². The molecule has 18 heavy (non-hydrogen) atoms. The highest BCUT2D eigenvalue weighted by Gasteiger charge is 2.11. The van der Waals surface area contributed by atoms with E-state index in [1.807, 2.05) is 23.7 Å². The van der Waals surface area contributed by atoms with E-state index in [0.717, 1.165) is 29.0 Å². The Morgan fingerprint density at radius 3 is 2.89 bits per heavy atom. The zero-order chi connectivity index (χ0) is 13.0. The van der Waals surface area contributed by atoms with Gasteiger partial charge < -0.3 is 5.32 Å². The molecule has 2 aromatic heterocycles. The molecule has 0 radical (unpaired) electrons. The minimum Gasteiger partial charge on any atom is -0.305 e. The van der Waals surface area contributed by atoms with E-state index in [0.29, 0.717) is 6.54 Å². The molecular weight excluding hydrogens is 294 g/mol. The van der Waals surface area contributed by atoms with Crippen LogP contribution in [0.4, 0.5) is 0 Å². The fraction of sp³-hybridized carbons (Fsp3) is 0.417. The lowest BCUT2D eigenvalue weighted by atomic mass is 10.3. The molecule has 2 heterocycles. The third kappa shape index (κ3) is 2.94. The molecule has 0 unspecified atom stereocenters. The van der Waals surface area contributed by atoms with E-state index in [9.17, 15) is 0 Å². The summed E-state index contributed by atoms with van der Waals surface area (Å²) in [5.41, 5.74) is 3.12. The monoisotopic (exact) mass is 309 g/mol. The lowest BCUT2D eigenvalue weighted by molar-refractivity contribution is 0.573. The Labute approximate surface area is 115 Å². The van der Waals surface area contributed by atoms with E-state index in [1.54, 1.807) is 6.20 Å². The molecule has 0 aromatic carbocycles. The summed E-state index contributed by atoms with van der Waals surface area (Å²) in [6.07, 6.45) is 1.68. The molecule has 0 bridgehead atoms. The normalized spacial score (nSPS) is 10.8. The van der Waals surface area contributed by atoms with Gasteiger partial charge in [0, 0.05) is 25.8 Å². The van der Waals surface area contributed by atoms with Crippen LogP contribution in [-0.2, 0) is 19.6 Å². The fourth-order valence-corrected chi connectivity index (χ4v) is 2.20. The van der Waals surface area contributed by atoms with Crippen molar-refractivity contribution in [2.45, 2.75) is 33.5 Å². The summed E-state index contributed by atoms with van der Waals surface area (Å²) in [4.78, 5) is 0. The lowest BCUT2D eigenvalue weighted by Gasteiger charge is -2.07. The van der Waals surface area contributed by atoms with Gasteiger partial charge in [0.1, 0.15) is 0 Å². The van der Waals surface area contributed by atoms with Gasteiger partial charge in [-0.15, -0.1) is 0 Å². The van der Waals surface area contributed by atoms with Crippen molar-refractivity contribution in [1.29, 1.82) is 0 Å². The molecule has 0 aliphatic carbocycles. The standard InChI is InChI=1S/C12H16BrN5/c1-3-18-11(12(13)9(2)17-18)8-14-7-10-5-4-6-15-16-10/h4-6,14H,3,7-8H2,1-2H3. The maximum atomic E-state index is 4.46. The number of hydrogen-bond donors (Lipinski definition) is 1. The topological polar surface area (TPSA) is 55.6 Å². The number of aryl methyl sites for hydroxylation is 2. The summed E-state index contributed by atoms with van der Waals surface area (Å²) in [5, 5.41) is 15.7. The highest BCUT2D eigenvalue weighted by molar-refractivity contribution is 9.10. The Bertz CT molecular complexity index is 509. The number of aromatic nitrogens is 4. The van der Waals surface area contributed by atoms with Crippen LogP contribution in [0.1, 0.15) is 24.0 Å². The van der Waals surface area contributed by atoms with Crippen LogP contribution in [0.15, 0.2) is 22.8 Å². The van der Waals surface area contributed by atoms with E-state index >= 15 is 0 Å². The van der Waals surface area contributed by atoms with Gasteiger partial charge in [-0.2, -0.15) is 15.3 Å². The molecule has 2 rings (SSSR count). The summed E-state index contributed by atoms with van der Waals surface area (Å²) in [6, 6.07) is 3.85. The molecule has 5 nitrogen and oxygen atoms in total. The fourth-order valence-electron chi connectivity index (χ4n) is 1.77. The average Bonchev–Trinajstić information content (AvgIpc) is 2.67. The zero-order valence-electron chi connectivity index (χ0n) is 10.5. The molecule has 0 aliphatic heterocycles. The number of hydrogen-bond acceptors (Lipinski definition) is 4. The number of nitrogens with one attached hydrogen (secondary N) is 1. The van der Waals surface area contributed by atoms with Crippen molar-refractivity contribution in [3.8, 4) is 0 Å². The molecule has 0 amide bonds. The van der Waals surface area contributed by atoms with Gasteiger partial charge in [0.2, 0.25) is 0 Å². The third-order valence-corrected chi connectivity index (χ3v) is 3.71. The Morgan fingerprint density at radius 2 is 2.22 bits per heavy atom. The van der Waals surface area contributed by atoms with Gasteiger partial charge in [-0.3, -0.25) is 4.68 Å². The van der Waals surface area contributed by atoms with Gasteiger partial charge in [0.15, 0.2) is 0 Å². The number of nitrogens with zero attached hydrogens (tertiary/aromatic N) is 4. The van der Waals surface area contributed by atoms with E-state index < -0.39 is 0 Å². The highest BCUT2D eigenvalue weighted by atomic mass is 79.9. The maximum absolute atomic E-state index is 4.46. The van der Waals surface area contributed by atoms with Crippen molar-refractivity contribution in [1.82, 2.24) is 25.3 Å². The molecular formula is C12H16BrN5. The first-order valence-corrected chi connectivity index (χ1v) is 6.70. The Morgan fingerprint density at radius 1 is 1.39 bits per heavy atom. The number of rotatable bonds is 5. The average molecular weight is 310 g/mol. The highest BCUT2D eigenvalue weighted by Crippen LogP contribution is 2.20. The SMILES string of the molecule is CCn1nc(C)c(Br)c1CNCc1cccnn1. The summed E-state index contributed by atoms with van der Waals surface area (Å²) >= 11 is 3.58. The lowest BCUT2D eigenvalue weighted by Crippen LogP contribution is -2.17. The predicted octanol–water partition coefficient (Wildman–Crippen LogP) is 2.05. The van der Waals surface area contributed by atoms with Gasteiger partial charge in [0.05, 0.1) is 21.6 Å². The van der Waals surface area contributed by atoms with Crippen molar-refractivity contribution in [3.63, 3.8) is 0 Å². The van der Waals surface area contributed by atoms with Crippen LogP contribution in [-0.4, -0.2) is 20.0 Å². The van der Waals surface area contributed by atoms with Gasteiger partial charge in [-0.25, -0.2) is 0 Å². The summed E-state index contributed by atoms with van der Waals surface area (Å²) in [5.74, 6) is 0. The summed E-state index contributed by atoms with van der Waals surface area (Å²) in [7, 11) is 0. The maximum Gasteiger partial charge on any atom is 0.0769 e. The minimum absolute atomic E-state index is 0.703. The predicted molar refractivity (Wildman–Crippen MR) is 72.9 cm³/mol. The quantitative estimate of drug-likeness (QED) is 0.918. The van der Waals surface area contributed by atoms with Gasteiger partial charge >= 0.3 is 0 Å². The first-order chi connectivity index (χ1) is 8.72. The van der Waals surface area contributed by atoms with Crippen LogP contribution in [0.5, 0.6) is 0 Å².